The summed E-state index contributed by atoms with van der Waals surface area (Å²) < 4.78 is 17.9. The maximum absolute atomic E-state index is 13.6. The Hall–Kier alpha value is -2.78. The minimum Gasteiger partial charge on any atom is -0.459 e. The predicted molar refractivity (Wildman–Crippen MR) is 180 cm³/mol. The second-order valence-electron chi connectivity index (χ2n) is 14.0. The van der Waals surface area contributed by atoms with Crippen LogP contribution in [0, 0.1) is 29.6 Å². The summed E-state index contributed by atoms with van der Waals surface area (Å²) in [5, 5.41) is 27.8. The van der Waals surface area contributed by atoms with Crippen molar-refractivity contribution in [2.75, 3.05) is 19.5 Å². The molecule has 2 saturated carbocycles. The summed E-state index contributed by atoms with van der Waals surface area (Å²) in [7, 11) is 3.27. The lowest BCUT2D eigenvalue weighted by Gasteiger charge is -2.56. The Morgan fingerprint density at radius 1 is 1.00 bits per heavy atom. The molecule has 2 aromatic rings. The molecule has 4 rings (SSSR count). The monoisotopic (exact) mass is 637 g/mol. The number of nitrogens with one attached hydrogen (secondary N) is 1. The first-order valence-electron chi connectivity index (χ1n) is 17.1. The van der Waals surface area contributed by atoms with Crippen LogP contribution in [0.15, 0.2) is 48.5 Å². The van der Waals surface area contributed by atoms with Gasteiger partial charge < -0.3 is 29.7 Å². The van der Waals surface area contributed by atoms with Crippen molar-refractivity contribution in [1.29, 1.82) is 0 Å². The number of hydrogen-bond acceptors (Lipinski definition) is 7. The van der Waals surface area contributed by atoms with Crippen molar-refractivity contribution in [1.82, 2.24) is 0 Å². The van der Waals surface area contributed by atoms with Gasteiger partial charge in [-0.1, -0.05) is 65.3 Å². The molecule has 0 heterocycles. The van der Waals surface area contributed by atoms with E-state index in [9.17, 15) is 19.8 Å². The molecule has 8 heteroatoms. The van der Waals surface area contributed by atoms with E-state index in [1.165, 1.54) is 0 Å². The highest BCUT2D eigenvalue weighted by Crippen LogP contribution is 2.59. The highest BCUT2D eigenvalue weighted by atomic mass is 16.5. The van der Waals surface area contributed by atoms with Crippen molar-refractivity contribution in [2.45, 2.75) is 110 Å². The van der Waals surface area contributed by atoms with E-state index >= 15 is 0 Å². The molecule has 0 aliphatic heterocycles. The molecule has 3 N–H and O–H groups in total. The number of benzene rings is 2. The number of ether oxygens (including phenoxy) is 3. The molecule has 1 amide bonds. The van der Waals surface area contributed by atoms with E-state index in [1.54, 1.807) is 50.6 Å². The Kier molecular flexibility index (Phi) is 11.7. The molecule has 3 unspecified atom stereocenters. The van der Waals surface area contributed by atoms with Crippen molar-refractivity contribution in [3.63, 3.8) is 0 Å². The third-order valence-electron chi connectivity index (χ3n) is 11.1. The Balaban J connectivity index is 1.55. The van der Waals surface area contributed by atoms with Crippen molar-refractivity contribution in [2.24, 2.45) is 29.6 Å². The zero-order valence-electron chi connectivity index (χ0n) is 28.9. The van der Waals surface area contributed by atoms with Gasteiger partial charge in [0.15, 0.2) is 0 Å². The fourth-order valence-electron chi connectivity index (χ4n) is 8.48. The van der Waals surface area contributed by atoms with Gasteiger partial charge in [0.1, 0.15) is 17.3 Å². The van der Waals surface area contributed by atoms with Gasteiger partial charge >= 0.3 is 5.97 Å². The lowest BCUT2D eigenvalue weighted by molar-refractivity contribution is -0.277. The first kappa shape index (κ1) is 36.1. The van der Waals surface area contributed by atoms with Crippen molar-refractivity contribution >= 4 is 17.6 Å². The van der Waals surface area contributed by atoms with Gasteiger partial charge in [-0.05, 0) is 86.1 Å². The molecule has 2 aliphatic carbocycles. The van der Waals surface area contributed by atoms with Crippen molar-refractivity contribution < 1.29 is 34.0 Å². The predicted octanol–water partition coefficient (Wildman–Crippen LogP) is 6.68. The average molecular weight is 638 g/mol. The molecule has 46 heavy (non-hydrogen) atoms. The summed E-state index contributed by atoms with van der Waals surface area (Å²) in [6.45, 7) is 12.2. The number of amides is 1. The maximum Gasteiger partial charge on any atom is 0.340 e. The molecule has 0 aromatic heterocycles. The molecule has 2 fully saturated rings. The Morgan fingerprint density at radius 3 is 2.26 bits per heavy atom. The zero-order valence-corrected chi connectivity index (χ0v) is 28.9. The SMILES string of the molecule is CCC[C@H](CC(C(C)C)[C@H](C)OC(=O)c1ccccc1NC(=O)c1ccc(CC)cc1)[C@@]1(O)C[C@H](OC)C2CC(C)[C@]1(O)[C@H]2OC. The molecule has 0 radical (unpaired) electrons. The standard InChI is InChI=1S/C38H55NO7/c1-9-13-28(37(42)22-33(44-7)31-20-24(5)38(37,43)34(31)45-8)21-30(23(3)4)25(6)46-36(41)29-14-11-12-15-32(29)39-35(40)27-18-16-26(10-2)17-19-27/h11-12,14-19,23-25,28,30-31,33-34,42-43H,9-10,13,20-22H2,1-8H3,(H,39,40)/t24?,25-,28+,30?,31?,33-,34-,37-,38-/m0/s1. The van der Waals surface area contributed by atoms with Crippen LogP contribution in [0.4, 0.5) is 5.69 Å². The Labute approximate surface area is 275 Å². The number of carbonyl (C=O) groups is 2. The summed E-state index contributed by atoms with van der Waals surface area (Å²) in [6, 6.07) is 14.3. The smallest absolute Gasteiger partial charge is 0.340 e. The molecule has 0 saturated heterocycles. The van der Waals surface area contributed by atoms with E-state index in [0.29, 0.717) is 30.5 Å². The van der Waals surface area contributed by atoms with Crippen LogP contribution in [-0.2, 0) is 20.6 Å². The normalized spacial score (nSPS) is 29.3. The van der Waals surface area contributed by atoms with E-state index < -0.39 is 29.4 Å². The Bertz CT molecular complexity index is 1330. The maximum atomic E-state index is 13.6. The molecule has 0 spiro atoms. The number of fused-ring (bicyclic) bond motifs is 2. The van der Waals surface area contributed by atoms with Crippen molar-refractivity contribution in [3.05, 3.63) is 65.2 Å². The largest absolute Gasteiger partial charge is 0.459 e. The number of esters is 1. The highest BCUT2D eigenvalue weighted by Gasteiger charge is 2.71. The van der Waals surface area contributed by atoms with Crippen molar-refractivity contribution in [3.8, 4) is 0 Å². The van der Waals surface area contributed by atoms with E-state index in [0.717, 1.165) is 24.8 Å². The topological polar surface area (TPSA) is 114 Å². The van der Waals surface area contributed by atoms with Crippen LogP contribution in [-0.4, -0.2) is 65.8 Å². The van der Waals surface area contributed by atoms with Crippen LogP contribution in [0.25, 0.3) is 0 Å². The number of anilines is 1. The fraction of sp³-hybridized carbons (Fsp3) is 0.632. The summed E-state index contributed by atoms with van der Waals surface area (Å²) in [5.41, 5.74) is -0.561. The molecule has 8 nitrogen and oxygen atoms in total. The second-order valence-corrected chi connectivity index (χ2v) is 14.0. The van der Waals surface area contributed by atoms with E-state index in [1.807, 2.05) is 26.0 Å². The van der Waals surface area contributed by atoms with Crippen LogP contribution in [0.2, 0.25) is 0 Å². The lowest BCUT2D eigenvalue weighted by atomic mass is 9.59. The molecule has 2 bridgehead atoms. The van der Waals surface area contributed by atoms with Gasteiger partial charge in [-0.3, -0.25) is 4.79 Å². The minimum atomic E-state index is -1.44. The average Bonchev–Trinajstić information content (AvgIpc) is 3.26. The zero-order chi connectivity index (χ0) is 33.8. The van der Waals surface area contributed by atoms with Gasteiger partial charge in [0.05, 0.1) is 23.5 Å². The molecule has 9 atom stereocenters. The third kappa shape index (κ3) is 6.77. The highest BCUT2D eigenvalue weighted by molar-refractivity contribution is 6.08. The van der Waals surface area contributed by atoms with E-state index in [-0.39, 0.29) is 47.2 Å². The molecule has 254 valence electrons. The summed E-state index contributed by atoms with van der Waals surface area (Å²) >= 11 is 0. The number of rotatable bonds is 14. The van der Waals surface area contributed by atoms with Gasteiger partial charge in [0, 0.05) is 32.1 Å². The Morgan fingerprint density at radius 2 is 1.67 bits per heavy atom. The van der Waals surface area contributed by atoms with Gasteiger partial charge in [-0.2, -0.15) is 0 Å². The number of aryl methyl sites for hydroxylation is 1. The molecular formula is C38H55NO7. The number of methoxy groups -OCH3 is 2. The fourth-order valence-corrected chi connectivity index (χ4v) is 8.48. The minimum absolute atomic E-state index is 0.00888. The molecule has 2 aromatic carbocycles. The lowest BCUT2D eigenvalue weighted by Crippen LogP contribution is -2.70. The first-order chi connectivity index (χ1) is 21.9. The van der Waals surface area contributed by atoms with Crippen LogP contribution in [0.1, 0.15) is 99.9 Å². The van der Waals surface area contributed by atoms with Gasteiger partial charge in [-0.15, -0.1) is 0 Å². The van der Waals surface area contributed by atoms with Crippen LogP contribution >= 0.6 is 0 Å². The van der Waals surface area contributed by atoms with Gasteiger partial charge in [0.25, 0.3) is 5.91 Å². The van der Waals surface area contributed by atoms with E-state index in [2.05, 4.69) is 33.0 Å². The number of aliphatic hydroxyl groups is 2. The third-order valence-corrected chi connectivity index (χ3v) is 11.1. The number of carbonyl (C=O) groups excluding carboxylic acids is 2. The van der Waals surface area contributed by atoms with Crippen LogP contribution in [0.5, 0.6) is 0 Å². The number of para-hydroxylation sites is 1. The quantitative estimate of drug-likeness (QED) is 0.198. The van der Waals surface area contributed by atoms with Crippen LogP contribution in [0.3, 0.4) is 0 Å². The summed E-state index contributed by atoms with van der Waals surface area (Å²) in [5.74, 6) is -1.25. The van der Waals surface area contributed by atoms with E-state index in [4.69, 9.17) is 14.2 Å². The summed E-state index contributed by atoms with van der Waals surface area (Å²) in [4.78, 5) is 26.7. The summed E-state index contributed by atoms with van der Waals surface area (Å²) in [6.07, 6.45) is 2.73. The first-order valence-corrected chi connectivity index (χ1v) is 17.1. The van der Waals surface area contributed by atoms with Gasteiger partial charge in [-0.25, -0.2) is 4.79 Å². The second kappa shape index (κ2) is 15.0. The van der Waals surface area contributed by atoms with Gasteiger partial charge in [0.2, 0.25) is 0 Å². The molecule has 2 aliphatic rings. The number of hydrogen-bond donors (Lipinski definition) is 3. The molecular weight excluding hydrogens is 582 g/mol. The van der Waals surface area contributed by atoms with Crippen LogP contribution < -0.4 is 5.32 Å².